The number of amides is 1. The summed E-state index contributed by atoms with van der Waals surface area (Å²) in [7, 11) is 1.61. The van der Waals surface area contributed by atoms with E-state index >= 15 is 0 Å². The molecule has 0 spiro atoms. The van der Waals surface area contributed by atoms with Gasteiger partial charge in [0.05, 0.1) is 17.1 Å². The summed E-state index contributed by atoms with van der Waals surface area (Å²) in [5.41, 5.74) is 1.00. The lowest BCUT2D eigenvalue weighted by Gasteiger charge is -2.19. The number of benzene rings is 1. The molecule has 0 aromatic heterocycles. The average Bonchev–Trinajstić information content (AvgIpc) is 2.85. The van der Waals surface area contributed by atoms with Crippen LogP contribution >= 0.6 is 0 Å². The van der Waals surface area contributed by atoms with Crippen LogP contribution in [0.25, 0.3) is 0 Å². The zero-order chi connectivity index (χ0) is 14.7. The number of nitro benzene ring substituents is 1. The fraction of sp³-hybridized carbons (Fsp3) is 0.462. The quantitative estimate of drug-likeness (QED) is 0.622. The van der Waals surface area contributed by atoms with E-state index in [0.717, 1.165) is 0 Å². The van der Waals surface area contributed by atoms with Crippen molar-refractivity contribution in [3.05, 3.63) is 39.4 Å². The maximum Gasteiger partial charge on any atom is 0.269 e. The Morgan fingerprint density at radius 2 is 2.25 bits per heavy atom. The molecule has 7 heteroatoms. The molecule has 1 aliphatic rings. The first-order valence-corrected chi connectivity index (χ1v) is 6.32. The van der Waals surface area contributed by atoms with Crippen molar-refractivity contribution in [3.63, 3.8) is 0 Å². The van der Waals surface area contributed by atoms with Crippen LogP contribution in [0.5, 0.6) is 0 Å². The number of rotatable bonds is 4. The Morgan fingerprint density at radius 1 is 1.50 bits per heavy atom. The zero-order valence-corrected chi connectivity index (χ0v) is 11.4. The second kappa shape index (κ2) is 5.98. The highest BCUT2D eigenvalue weighted by Crippen LogP contribution is 2.17. The van der Waals surface area contributed by atoms with Gasteiger partial charge in [-0.1, -0.05) is 0 Å². The van der Waals surface area contributed by atoms with E-state index in [2.05, 4.69) is 10.6 Å². The van der Waals surface area contributed by atoms with E-state index < -0.39 is 4.92 Å². The molecule has 1 saturated heterocycles. The SMILES string of the molecule is CO[C@H]1CNCC1NC(=O)c1ccc([N+](=O)[O-])cc1C. The van der Waals surface area contributed by atoms with Gasteiger partial charge in [0.1, 0.15) is 0 Å². The lowest BCUT2D eigenvalue weighted by atomic mass is 10.1. The lowest BCUT2D eigenvalue weighted by Crippen LogP contribution is -2.43. The second-order valence-corrected chi connectivity index (χ2v) is 4.77. The van der Waals surface area contributed by atoms with Crippen molar-refractivity contribution in [2.24, 2.45) is 0 Å². The largest absolute Gasteiger partial charge is 0.378 e. The van der Waals surface area contributed by atoms with Crippen LogP contribution in [0.3, 0.4) is 0 Å². The van der Waals surface area contributed by atoms with Crippen LogP contribution in [-0.4, -0.2) is 43.2 Å². The van der Waals surface area contributed by atoms with Crippen LogP contribution in [-0.2, 0) is 4.74 Å². The smallest absolute Gasteiger partial charge is 0.269 e. The molecule has 1 amide bonds. The number of hydrogen-bond acceptors (Lipinski definition) is 5. The van der Waals surface area contributed by atoms with Crippen LogP contribution in [0.4, 0.5) is 5.69 Å². The molecule has 1 heterocycles. The summed E-state index contributed by atoms with van der Waals surface area (Å²) < 4.78 is 5.27. The standard InChI is InChI=1S/C13H17N3O4/c1-8-5-9(16(18)19)3-4-10(8)13(17)15-11-6-14-7-12(11)20-2/h3-5,11-12,14H,6-7H2,1-2H3,(H,15,17)/t11?,12-/m0/s1. The molecule has 1 aliphatic heterocycles. The summed E-state index contributed by atoms with van der Waals surface area (Å²) in [5, 5.41) is 16.7. The Hall–Kier alpha value is -1.99. The highest BCUT2D eigenvalue weighted by atomic mass is 16.6. The number of methoxy groups -OCH3 is 1. The summed E-state index contributed by atoms with van der Waals surface area (Å²) in [5.74, 6) is -0.242. The fourth-order valence-corrected chi connectivity index (χ4v) is 2.31. The number of nitrogens with one attached hydrogen (secondary N) is 2. The van der Waals surface area contributed by atoms with Gasteiger partial charge in [-0.25, -0.2) is 0 Å². The monoisotopic (exact) mass is 279 g/mol. The zero-order valence-electron chi connectivity index (χ0n) is 11.4. The number of nitrogens with zero attached hydrogens (tertiary/aromatic N) is 1. The van der Waals surface area contributed by atoms with Gasteiger partial charge in [-0.3, -0.25) is 14.9 Å². The third kappa shape index (κ3) is 2.94. The van der Waals surface area contributed by atoms with Crippen molar-refractivity contribution >= 4 is 11.6 Å². The first-order valence-electron chi connectivity index (χ1n) is 6.32. The molecule has 0 bridgehead atoms. The van der Waals surface area contributed by atoms with Crippen LogP contribution in [0.15, 0.2) is 18.2 Å². The molecule has 1 aromatic carbocycles. The van der Waals surface area contributed by atoms with E-state index in [1.165, 1.54) is 18.2 Å². The van der Waals surface area contributed by atoms with Gasteiger partial charge in [-0.05, 0) is 18.6 Å². The Bertz CT molecular complexity index is 532. The number of ether oxygens (including phenoxy) is 1. The Labute approximate surface area is 116 Å². The van der Waals surface area contributed by atoms with Crippen LogP contribution < -0.4 is 10.6 Å². The van der Waals surface area contributed by atoms with E-state index in [1.54, 1.807) is 14.0 Å². The van der Waals surface area contributed by atoms with Gasteiger partial charge < -0.3 is 15.4 Å². The Kier molecular flexibility index (Phi) is 4.31. The van der Waals surface area contributed by atoms with Crippen molar-refractivity contribution in [2.45, 2.75) is 19.1 Å². The third-order valence-corrected chi connectivity index (χ3v) is 3.44. The summed E-state index contributed by atoms with van der Waals surface area (Å²) in [4.78, 5) is 22.4. The molecule has 1 fully saturated rings. The lowest BCUT2D eigenvalue weighted by molar-refractivity contribution is -0.384. The predicted octanol–water partition coefficient (Wildman–Crippen LogP) is 0.620. The number of aryl methyl sites for hydroxylation is 1. The number of nitro groups is 1. The van der Waals surface area contributed by atoms with E-state index in [1.807, 2.05) is 0 Å². The van der Waals surface area contributed by atoms with Crippen LogP contribution in [0.1, 0.15) is 15.9 Å². The van der Waals surface area contributed by atoms with Crippen molar-refractivity contribution in [2.75, 3.05) is 20.2 Å². The van der Waals surface area contributed by atoms with Gasteiger partial charge in [-0.2, -0.15) is 0 Å². The predicted molar refractivity (Wildman–Crippen MR) is 72.8 cm³/mol. The summed E-state index contributed by atoms with van der Waals surface area (Å²) in [6.45, 7) is 3.03. The summed E-state index contributed by atoms with van der Waals surface area (Å²) in [6, 6.07) is 4.12. The van der Waals surface area contributed by atoms with Crippen molar-refractivity contribution in [1.82, 2.24) is 10.6 Å². The molecular formula is C13H17N3O4. The normalized spacial score (nSPS) is 21.7. The highest BCUT2D eigenvalue weighted by Gasteiger charge is 2.28. The molecule has 0 radical (unpaired) electrons. The van der Waals surface area contributed by atoms with Crippen molar-refractivity contribution in [3.8, 4) is 0 Å². The van der Waals surface area contributed by atoms with Gasteiger partial charge >= 0.3 is 0 Å². The minimum Gasteiger partial charge on any atom is -0.378 e. The third-order valence-electron chi connectivity index (χ3n) is 3.44. The average molecular weight is 279 g/mol. The second-order valence-electron chi connectivity index (χ2n) is 4.77. The molecule has 7 nitrogen and oxygen atoms in total. The molecule has 0 saturated carbocycles. The van der Waals surface area contributed by atoms with Gasteiger partial charge in [0.25, 0.3) is 11.6 Å². The Morgan fingerprint density at radius 3 is 2.85 bits per heavy atom. The van der Waals surface area contributed by atoms with E-state index in [4.69, 9.17) is 4.74 Å². The first kappa shape index (κ1) is 14.4. The maximum atomic E-state index is 12.2. The minimum atomic E-state index is -0.476. The van der Waals surface area contributed by atoms with Gasteiger partial charge in [0, 0.05) is 37.9 Å². The molecule has 2 atom stereocenters. The van der Waals surface area contributed by atoms with E-state index in [0.29, 0.717) is 24.2 Å². The molecule has 1 unspecified atom stereocenters. The summed E-state index contributed by atoms with van der Waals surface area (Å²) in [6.07, 6.45) is -0.0581. The molecule has 20 heavy (non-hydrogen) atoms. The van der Waals surface area contributed by atoms with E-state index in [9.17, 15) is 14.9 Å². The molecule has 108 valence electrons. The maximum absolute atomic E-state index is 12.2. The number of carbonyl (C=O) groups is 1. The topological polar surface area (TPSA) is 93.5 Å². The van der Waals surface area contributed by atoms with Gasteiger partial charge in [0.2, 0.25) is 0 Å². The highest BCUT2D eigenvalue weighted by molar-refractivity contribution is 5.96. The Balaban J connectivity index is 2.11. The number of carbonyl (C=O) groups excluding carboxylic acids is 1. The number of hydrogen-bond donors (Lipinski definition) is 2. The first-order chi connectivity index (χ1) is 9.52. The fourth-order valence-electron chi connectivity index (χ4n) is 2.31. The van der Waals surface area contributed by atoms with Crippen molar-refractivity contribution in [1.29, 1.82) is 0 Å². The minimum absolute atomic E-state index is 0.0173. The van der Waals surface area contributed by atoms with Gasteiger partial charge in [0.15, 0.2) is 0 Å². The molecule has 2 rings (SSSR count). The summed E-state index contributed by atoms with van der Waals surface area (Å²) >= 11 is 0. The van der Waals surface area contributed by atoms with Gasteiger partial charge in [-0.15, -0.1) is 0 Å². The van der Waals surface area contributed by atoms with Crippen LogP contribution in [0.2, 0.25) is 0 Å². The van der Waals surface area contributed by atoms with Crippen molar-refractivity contribution < 1.29 is 14.5 Å². The molecule has 0 aliphatic carbocycles. The molecular weight excluding hydrogens is 262 g/mol. The molecule has 2 N–H and O–H groups in total. The van der Waals surface area contributed by atoms with Crippen LogP contribution in [0, 0.1) is 17.0 Å². The van der Waals surface area contributed by atoms with E-state index in [-0.39, 0.29) is 23.7 Å². The number of non-ortho nitro benzene ring substituents is 1. The molecule has 1 aromatic rings.